The quantitative estimate of drug-likeness (QED) is 0.144. The van der Waals surface area contributed by atoms with Crippen molar-refractivity contribution < 1.29 is 14.7 Å². The number of unbranched alkanes of at least 4 members (excludes halogenated alkanes) is 12. The number of rotatable bonds is 20. The maximum atomic E-state index is 10.6. The molecule has 2 N–H and O–H groups in total. The second kappa shape index (κ2) is 18.3. The number of carbonyl (C=O) groups excluding carboxylic acids is 1. The van der Waals surface area contributed by atoms with Crippen molar-refractivity contribution in [2.75, 3.05) is 11.9 Å². The molecule has 0 aliphatic rings. The third-order valence-corrected chi connectivity index (χ3v) is 5.67. The van der Waals surface area contributed by atoms with Crippen LogP contribution in [-0.2, 0) is 16.0 Å². The van der Waals surface area contributed by atoms with Crippen LogP contribution in [0, 0.1) is 0 Å². The Labute approximate surface area is 180 Å². The number of hydrogen-bond acceptors (Lipinski definition) is 5. The summed E-state index contributed by atoms with van der Waals surface area (Å²) in [4.78, 5) is 25.1. The van der Waals surface area contributed by atoms with Crippen LogP contribution in [0.25, 0.3) is 0 Å². The summed E-state index contributed by atoms with van der Waals surface area (Å²) in [5.74, 6) is -0.837. The molecule has 0 aromatic carbocycles. The normalized spacial score (nSPS) is 11.2. The molecule has 0 saturated carbocycles. The Morgan fingerprint density at radius 2 is 1.45 bits per heavy atom. The molecule has 1 aromatic rings. The van der Waals surface area contributed by atoms with E-state index in [9.17, 15) is 9.59 Å². The van der Waals surface area contributed by atoms with E-state index in [2.05, 4.69) is 22.5 Å². The maximum Gasteiger partial charge on any atom is 0.309 e. The highest BCUT2D eigenvalue weighted by atomic mass is 32.1. The van der Waals surface area contributed by atoms with Gasteiger partial charge in [0.15, 0.2) is 5.13 Å². The zero-order valence-corrected chi connectivity index (χ0v) is 18.6. The number of nitrogens with zero attached hydrogens (tertiary/aromatic N) is 1. The van der Waals surface area contributed by atoms with Gasteiger partial charge in [-0.05, 0) is 38.5 Å². The zero-order valence-electron chi connectivity index (χ0n) is 17.7. The predicted molar refractivity (Wildman–Crippen MR) is 122 cm³/mol. The lowest BCUT2D eigenvalue weighted by atomic mass is 10.1. The molecule has 0 bridgehead atoms. The lowest BCUT2D eigenvalue weighted by Gasteiger charge is -2.03. The van der Waals surface area contributed by atoms with Gasteiger partial charge in [0.25, 0.3) is 0 Å². The van der Waals surface area contributed by atoms with Gasteiger partial charge in [0.1, 0.15) is 6.29 Å². The second-order valence-corrected chi connectivity index (χ2v) is 8.39. The number of carboxylic acid groups (broad SMARTS) is 1. The van der Waals surface area contributed by atoms with E-state index in [1.807, 2.05) is 5.38 Å². The molecule has 0 saturated heterocycles. The van der Waals surface area contributed by atoms with Crippen molar-refractivity contribution in [3.8, 4) is 0 Å². The number of carbonyl (C=O) groups is 2. The van der Waals surface area contributed by atoms with Gasteiger partial charge in [0, 0.05) is 18.3 Å². The summed E-state index contributed by atoms with van der Waals surface area (Å²) in [6.07, 6.45) is 22.4. The lowest BCUT2D eigenvalue weighted by Crippen LogP contribution is -2.03. The third kappa shape index (κ3) is 15.9. The molecule has 0 aliphatic carbocycles. The van der Waals surface area contributed by atoms with Crippen molar-refractivity contribution in [3.63, 3.8) is 0 Å². The van der Waals surface area contributed by atoms with Gasteiger partial charge >= 0.3 is 5.97 Å². The van der Waals surface area contributed by atoms with E-state index in [0.717, 1.165) is 37.2 Å². The Balaban J connectivity index is 1.81. The van der Waals surface area contributed by atoms with Crippen LogP contribution in [0.1, 0.15) is 95.6 Å². The smallest absolute Gasteiger partial charge is 0.309 e. The number of aldehydes is 1. The monoisotopic (exact) mass is 422 g/mol. The highest BCUT2D eigenvalue weighted by molar-refractivity contribution is 7.13. The van der Waals surface area contributed by atoms with Crippen LogP contribution >= 0.6 is 11.3 Å². The standard InChI is InChI=1S/C23H38N2O3S/c26-18-16-14-12-10-8-6-4-2-1-3-5-7-9-11-13-15-17-24-23-25-21(20-29-23)19-22(27)28/h1-2,18,20H,3-17,19H2,(H,24,25)(H,27,28)/b2-1-. The number of hydrogen-bond donors (Lipinski definition) is 2. The van der Waals surface area contributed by atoms with Crippen LogP contribution < -0.4 is 5.32 Å². The topological polar surface area (TPSA) is 79.3 Å². The first kappa shape index (κ1) is 25.3. The molecular weight excluding hydrogens is 384 g/mol. The average Bonchev–Trinajstić information content (AvgIpc) is 3.13. The summed E-state index contributed by atoms with van der Waals surface area (Å²) < 4.78 is 0. The molecule has 0 aliphatic heterocycles. The fraction of sp³-hybridized carbons (Fsp3) is 0.696. The molecule has 0 radical (unpaired) electrons. The number of nitrogens with one attached hydrogen (secondary N) is 1. The van der Waals surface area contributed by atoms with Gasteiger partial charge in [0.05, 0.1) is 12.1 Å². The molecule has 164 valence electrons. The van der Waals surface area contributed by atoms with Crippen molar-refractivity contribution >= 4 is 28.7 Å². The Morgan fingerprint density at radius 3 is 2.03 bits per heavy atom. The summed E-state index contributed by atoms with van der Waals surface area (Å²) in [6.45, 7) is 0.903. The van der Waals surface area contributed by atoms with Gasteiger partial charge in [-0.25, -0.2) is 4.98 Å². The van der Waals surface area contributed by atoms with Crippen LogP contribution in [0.3, 0.4) is 0 Å². The summed E-state index contributed by atoms with van der Waals surface area (Å²) in [7, 11) is 0. The largest absolute Gasteiger partial charge is 0.481 e. The lowest BCUT2D eigenvalue weighted by molar-refractivity contribution is -0.136. The predicted octanol–water partition coefficient (Wildman–Crippen LogP) is 6.40. The Bertz CT molecular complexity index is 572. The molecule has 0 fully saturated rings. The first-order valence-electron chi connectivity index (χ1n) is 11.2. The van der Waals surface area contributed by atoms with Gasteiger partial charge in [0.2, 0.25) is 0 Å². The van der Waals surface area contributed by atoms with Crippen LogP contribution in [-0.4, -0.2) is 28.9 Å². The molecule has 1 aromatic heterocycles. The van der Waals surface area contributed by atoms with Crippen LogP contribution in [0.15, 0.2) is 17.5 Å². The first-order valence-corrected chi connectivity index (χ1v) is 12.1. The number of carboxylic acids is 1. The van der Waals surface area contributed by atoms with Crippen molar-refractivity contribution in [1.29, 1.82) is 0 Å². The van der Waals surface area contributed by atoms with Gasteiger partial charge in [-0.15, -0.1) is 11.3 Å². The second-order valence-electron chi connectivity index (χ2n) is 7.53. The first-order chi connectivity index (χ1) is 14.2. The van der Waals surface area contributed by atoms with Gasteiger partial charge in [-0.1, -0.05) is 57.1 Å². The van der Waals surface area contributed by atoms with Gasteiger partial charge in [-0.3, -0.25) is 4.79 Å². The van der Waals surface area contributed by atoms with Gasteiger partial charge < -0.3 is 15.2 Å². The van der Waals surface area contributed by atoms with Crippen LogP contribution in [0.5, 0.6) is 0 Å². The van der Waals surface area contributed by atoms with E-state index >= 15 is 0 Å². The van der Waals surface area contributed by atoms with Crippen molar-refractivity contribution in [2.45, 2.75) is 96.3 Å². The highest BCUT2D eigenvalue weighted by Crippen LogP contribution is 2.16. The number of allylic oxidation sites excluding steroid dienone is 2. The molecule has 0 amide bonds. The third-order valence-electron chi connectivity index (χ3n) is 4.82. The molecule has 0 atom stereocenters. The minimum absolute atomic E-state index is 0.00318. The van der Waals surface area contributed by atoms with E-state index in [4.69, 9.17) is 5.11 Å². The molecule has 0 spiro atoms. The molecule has 5 nitrogen and oxygen atoms in total. The highest BCUT2D eigenvalue weighted by Gasteiger charge is 2.05. The van der Waals surface area contributed by atoms with Crippen molar-refractivity contribution in [2.24, 2.45) is 0 Å². The molecule has 6 heteroatoms. The summed E-state index contributed by atoms with van der Waals surface area (Å²) >= 11 is 1.48. The zero-order chi connectivity index (χ0) is 21.0. The summed E-state index contributed by atoms with van der Waals surface area (Å²) in [6, 6.07) is 0. The van der Waals surface area contributed by atoms with Gasteiger partial charge in [-0.2, -0.15) is 0 Å². The number of aromatic nitrogens is 1. The number of anilines is 1. The molecule has 29 heavy (non-hydrogen) atoms. The molecule has 1 heterocycles. The van der Waals surface area contributed by atoms with E-state index in [1.165, 1.54) is 82.0 Å². The average molecular weight is 423 g/mol. The minimum atomic E-state index is -0.837. The van der Waals surface area contributed by atoms with E-state index < -0.39 is 5.97 Å². The van der Waals surface area contributed by atoms with E-state index in [-0.39, 0.29) is 6.42 Å². The Hall–Kier alpha value is -1.69. The summed E-state index contributed by atoms with van der Waals surface area (Å²) in [5.41, 5.74) is 0.630. The van der Waals surface area contributed by atoms with E-state index in [0.29, 0.717) is 5.69 Å². The molecule has 1 rings (SSSR count). The van der Waals surface area contributed by atoms with Crippen LogP contribution in [0.4, 0.5) is 5.13 Å². The molecule has 0 unspecified atom stereocenters. The fourth-order valence-corrected chi connectivity index (χ4v) is 3.91. The molecular formula is C23H38N2O3S. The minimum Gasteiger partial charge on any atom is -0.481 e. The van der Waals surface area contributed by atoms with Crippen LogP contribution in [0.2, 0.25) is 0 Å². The number of thiazole rings is 1. The Morgan fingerprint density at radius 1 is 0.897 bits per heavy atom. The maximum absolute atomic E-state index is 10.6. The fourth-order valence-electron chi connectivity index (χ4n) is 3.17. The summed E-state index contributed by atoms with van der Waals surface area (Å²) in [5, 5.41) is 14.7. The van der Waals surface area contributed by atoms with Crippen molar-refractivity contribution in [3.05, 3.63) is 23.2 Å². The van der Waals surface area contributed by atoms with E-state index in [1.54, 1.807) is 0 Å². The SMILES string of the molecule is O=CCCCCCCC/C=C\CCCCCCCCNc1nc(CC(=O)O)cs1. The van der Waals surface area contributed by atoms with Crippen molar-refractivity contribution in [1.82, 2.24) is 4.98 Å². The Kier molecular flexibility index (Phi) is 16.0. The number of aliphatic carboxylic acids is 1.